The number of anilines is 3. The Bertz CT molecular complexity index is 3500. The lowest BCUT2D eigenvalue weighted by molar-refractivity contribution is 0.723. The first-order valence-corrected chi connectivity index (χ1v) is 22.9. The number of benzene rings is 10. The molecule has 1 aromatic heterocycles. The van der Waals surface area contributed by atoms with Gasteiger partial charge >= 0.3 is 0 Å². The molecule has 2 heterocycles. The third kappa shape index (κ3) is 5.16. The summed E-state index contributed by atoms with van der Waals surface area (Å²) in [7, 11) is 0. The van der Waals surface area contributed by atoms with E-state index in [4.69, 9.17) is 0 Å². The Morgan fingerprint density at radius 3 is 1.68 bits per heavy atom. The van der Waals surface area contributed by atoms with Gasteiger partial charge in [0.1, 0.15) is 0 Å². The Hall–Kier alpha value is -7.17. The highest BCUT2D eigenvalue weighted by molar-refractivity contribution is 7.99. The normalized spacial score (nSPS) is 13.2. The van der Waals surface area contributed by atoms with E-state index in [1.54, 1.807) is 0 Å². The summed E-state index contributed by atoms with van der Waals surface area (Å²) < 4.78 is 2.58. The van der Waals surface area contributed by atoms with Crippen LogP contribution in [0.5, 0.6) is 0 Å². The van der Waals surface area contributed by atoms with Crippen molar-refractivity contribution in [3.05, 3.63) is 247 Å². The van der Waals surface area contributed by atoms with Crippen LogP contribution in [-0.2, 0) is 5.41 Å². The molecule has 290 valence electrons. The van der Waals surface area contributed by atoms with Gasteiger partial charge in [0, 0.05) is 36.6 Å². The predicted molar refractivity (Wildman–Crippen MR) is 264 cm³/mol. The first-order valence-electron chi connectivity index (χ1n) is 21.2. The largest absolute Gasteiger partial charge is 0.309 e. The quantitative estimate of drug-likeness (QED) is 0.170. The van der Waals surface area contributed by atoms with Crippen molar-refractivity contribution in [2.24, 2.45) is 0 Å². The van der Waals surface area contributed by atoms with Crippen LogP contribution in [0, 0.1) is 0 Å². The first kappa shape index (κ1) is 35.6. The number of hydrogen-bond donors (Lipinski definition) is 0. The van der Waals surface area contributed by atoms with E-state index in [0.717, 1.165) is 11.4 Å². The average molecular weight is 824 g/mol. The number of thiophene rings is 1. The molecule has 0 amide bonds. The van der Waals surface area contributed by atoms with Crippen molar-refractivity contribution in [3.63, 3.8) is 0 Å². The molecule has 3 heteroatoms. The van der Waals surface area contributed by atoms with Gasteiger partial charge in [-0.25, -0.2) is 0 Å². The van der Waals surface area contributed by atoms with E-state index in [9.17, 15) is 0 Å². The van der Waals surface area contributed by atoms with Gasteiger partial charge in [-0.05, 0) is 115 Å². The second-order valence-electron chi connectivity index (χ2n) is 16.3. The number of fused-ring (bicyclic) bond motifs is 14. The van der Waals surface area contributed by atoms with Crippen LogP contribution in [0.3, 0.4) is 0 Å². The molecule has 2 aliphatic rings. The minimum absolute atomic E-state index is 0.450. The van der Waals surface area contributed by atoms with E-state index in [1.165, 1.54) is 102 Å². The number of hydrogen-bond acceptors (Lipinski definition) is 3. The molecule has 1 aliphatic heterocycles. The minimum atomic E-state index is -0.450. The number of rotatable bonds is 5. The molecule has 0 bridgehead atoms. The Morgan fingerprint density at radius 1 is 0.355 bits per heavy atom. The molecule has 1 aliphatic carbocycles. The minimum Gasteiger partial charge on any atom is -0.309 e. The van der Waals surface area contributed by atoms with Gasteiger partial charge in [-0.1, -0.05) is 188 Å². The van der Waals surface area contributed by atoms with E-state index in [1.807, 2.05) is 23.1 Å². The van der Waals surface area contributed by atoms with Crippen molar-refractivity contribution < 1.29 is 0 Å². The summed E-state index contributed by atoms with van der Waals surface area (Å²) in [4.78, 5) is 5.08. The fourth-order valence-corrected chi connectivity index (χ4v) is 12.9. The van der Waals surface area contributed by atoms with E-state index in [0.29, 0.717) is 0 Å². The van der Waals surface area contributed by atoms with Crippen LogP contribution < -0.4 is 4.90 Å². The number of nitrogens with zero attached hydrogens (tertiary/aromatic N) is 1. The van der Waals surface area contributed by atoms with Gasteiger partial charge in [0.25, 0.3) is 0 Å². The van der Waals surface area contributed by atoms with Gasteiger partial charge in [-0.2, -0.15) is 0 Å². The summed E-state index contributed by atoms with van der Waals surface area (Å²) in [5, 5.41) is 5.14. The van der Waals surface area contributed by atoms with Crippen LogP contribution >= 0.6 is 23.1 Å². The lowest BCUT2D eigenvalue weighted by Gasteiger charge is -2.39. The molecule has 1 spiro atoms. The zero-order valence-electron chi connectivity index (χ0n) is 33.6. The molecular weight excluding hydrogens is 787 g/mol. The van der Waals surface area contributed by atoms with E-state index < -0.39 is 5.41 Å². The molecule has 0 fully saturated rings. The third-order valence-corrected chi connectivity index (χ3v) is 15.5. The molecule has 0 unspecified atom stereocenters. The second-order valence-corrected chi connectivity index (χ2v) is 18.5. The molecule has 62 heavy (non-hydrogen) atoms. The first-order chi connectivity index (χ1) is 30.8. The molecule has 13 rings (SSSR count). The molecule has 10 aromatic carbocycles. The van der Waals surface area contributed by atoms with Gasteiger partial charge < -0.3 is 4.90 Å². The topological polar surface area (TPSA) is 3.24 Å². The average Bonchev–Trinajstić information content (AvgIpc) is 3.87. The maximum atomic E-state index is 2.44. The maximum absolute atomic E-state index is 2.44. The Morgan fingerprint density at radius 2 is 0.919 bits per heavy atom. The monoisotopic (exact) mass is 823 g/mol. The summed E-state index contributed by atoms with van der Waals surface area (Å²) in [6, 6.07) is 83.4. The van der Waals surface area contributed by atoms with Crippen molar-refractivity contribution in [2.75, 3.05) is 4.90 Å². The molecule has 11 aromatic rings. The highest BCUT2D eigenvalue weighted by Crippen LogP contribution is 2.64. The maximum Gasteiger partial charge on any atom is 0.0735 e. The van der Waals surface area contributed by atoms with Crippen molar-refractivity contribution in [1.82, 2.24) is 0 Å². The molecule has 0 saturated heterocycles. The zero-order valence-corrected chi connectivity index (χ0v) is 35.3. The standard InChI is InChI=1S/C59H37NS2/c1-2-14-38(15-3-1)39-28-33-42(34-29-39)60(52-24-13-20-47-46-18-6-9-25-53(46)62-58(47)52)43-35-30-41(31-36-43)45-19-12-23-50-56(45)57-44-17-5-4-16-40(44)32-37-51(57)59(50)48-21-7-10-26-54(48)61-55-27-11-8-22-49(55)59/h1-37H. The Kier molecular flexibility index (Phi) is 8.00. The summed E-state index contributed by atoms with van der Waals surface area (Å²) in [5.41, 5.74) is 15.9. The smallest absolute Gasteiger partial charge is 0.0735 e. The van der Waals surface area contributed by atoms with Crippen molar-refractivity contribution in [2.45, 2.75) is 15.2 Å². The highest BCUT2D eigenvalue weighted by atomic mass is 32.2. The molecular formula is C59H37NS2. The lowest BCUT2D eigenvalue weighted by Crippen LogP contribution is -2.31. The molecule has 0 N–H and O–H groups in total. The second kappa shape index (κ2) is 13.9. The Labute approximate surface area is 369 Å². The van der Waals surface area contributed by atoms with Gasteiger partial charge in [0.05, 0.1) is 15.8 Å². The fourth-order valence-electron chi connectivity index (χ4n) is 10.5. The summed E-state index contributed by atoms with van der Waals surface area (Å²) >= 11 is 3.77. The van der Waals surface area contributed by atoms with Crippen LogP contribution in [0.4, 0.5) is 17.1 Å². The van der Waals surface area contributed by atoms with E-state index >= 15 is 0 Å². The van der Waals surface area contributed by atoms with Gasteiger partial charge in [0.15, 0.2) is 0 Å². The van der Waals surface area contributed by atoms with Crippen molar-refractivity contribution >= 4 is 71.1 Å². The third-order valence-electron chi connectivity index (χ3n) is 13.1. The molecule has 1 nitrogen and oxygen atoms in total. The predicted octanol–water partition coefficient (Wildman–Crippen LogP) is 16.8. The van der Waals surface area contributed by atoms with Crippen molar-refractivity contribution in [1.29, 1.82) is 0 Å². The Balaban J connectivity index is 1.02. The fraction of sp³-hybridized carbons (Fsp3) is 0.0169. The SMILES string of the molecule is c1ccc(-c2ccc(N(c3ccc(-c4cccc5c4-c4c(ccc6ccccc46)C54c5ccccc5Sc5ccccc54)cc3)c3cccc4c3sc3ccccc34)cc2)cc1. The van der Waals surface area contributed by atoms with Crippen LogP contribution in [-0.4, -0.2) is 0 Å². The zero-order chi connectivity index (χ0) is 40.8. The summed E-state index contributed by atoms with van der Waals surface area (Å²) in [6.45, 7) is 0. The van der Waals surface area contributed by atoms with Crippen LogP contribution in [0.15, 0.2) is 234 Å². The summed E-state index contributed by atoms with van der Waals surface area (Å²) in [6.07, 6.45) is 0. The van der Waals surface area contributed by atoms with E-state index in [-0.39, 0.29) is 0 Å². The van der Waals surface area contributed by atoms with Crippen molar-refractivity contribution in [3.8, 4) is 33.4 Å². The summed E-state index contributed by atoms with van der Waals surface area (Å²) in [5.74, 6) is 0. The van der Waals surface area contributed by atoms with E-state index in [2.05, 4.69) is 229 Å². The van der Waals surface area contributed by atoms with Gasteiger partial charge in [-0.3, -0.25) is 0 Å². The molecule has 0 radical (unpaired) electrons. The lowest BCUT2D eigenvalue weighted by atomic mass is 9.67. The molecule has 0 atom stereocenters. The van der Waals surface area contributed by atoms with Crippen LogP contribution in [0.25, 0.3) is 64.3 Å². The van der Waals surface area contributed by atoms with Crippen LogP contribution in [0.2, 0.25) is 0 Å². The molecule has 0 saturated carbocycles. The van der Waals surface area contributed by atoms with Gasteiger partial charge in [0.2, 0.25) is 0 Å². The van der Waals surface area contributed by atoms with Crippen LogP contribution in [0.1, 0.15) is 22.3 Å². The highest BCUT2D eigenvalue weighted by Gasteiger charge is 2.51. The van der Waals surface area contributed by atoms with Gasteiger partial charge in [-0.15, -0.1) is 11.3 Å².